The van der Waals surface area contributed by atoms with Crippen LogP contribution in [0.3, 0.4) is 0 Å². The predicted molar refractivity (Wildman–Crippen MR) is 145 cm³/mol. The number of carboxylic acid groups (broad SMARTS) is 1. The number of aryl methyl sites for hydroxylation is 1. The molecule has 7 nitrogen and oxygen atoms in total. The summed E-state index contributed by atoms with van der Waals surface area (Å²) in [6, 6.07) is 25.7. The minimum absolute atomic E-state index is 0.260. The first-order valence-corrected chi connectivity index (χ1v) is 12.9. The number of hydrogen-bond acceptors (Lipinski definition) is 4. The maximum atomic E-state index is 12.9. The molecule has 2 saturated carbocycles. The fourth-order valence-corrected chi connectivity index (χ4v) is 5.09. The highest BCUT2D eigenvalue weighted by Crippen LogP contribution is 2.48. The van der Waals surface area contributed by atoms with E-state index >= 15 is 0 Å². The van der Waals surface area contributed by atoms with Crippen molar-refractivity contribution in [2.45, 2.75) is 37.2 Å². The van der Waals surface area contributed by atoms with Crippen molar-refractivity contribution < 1.29 is 19.4 Å². The molecular weight excluding hydrogens is 478 g/mol. The van der Waals surface area contributed by atoms with Crippen molar-refractivity contribution in [3.05, 3.63) is 96.2 Å². The quantitative estimate of drug-likeness (QED) is 0.281. The molecule has 0 spiro atoms. The Kier molecular flexibility index (Phi) is 5.98. The van der Waals surface area contributed by atoms with Crippen LogP contribution < -0.4 is 5.32 Å². The molecule has 0 aliphatic heterocycles. The van der Waals surface area contributed by atoms with E-state index in [2.05, 4.69) is 10.4 Å². The van der Waals surface area contributed by atoms with E-state index in [-0.39, 0.29) is 6.10 Å². The lowest BCUT2D eigenvalue weighted by Gasteiger charge is -2.18. The molecule has 1 heterocycles. The van der Waals surface area contributed by atoms with Crippen LogP contribution in [0.1, 0.15) is 42.9 Å². The topological polar surface area (TPSA) is 93.5 Å². The van der Waals surface area contributed by atoms with Gasteiger partial charge in [-0.2, -0.15) is 5.10 Å². The molecule has 3 aromatic carbocycles. The van der Waals surface area contributed by atoms with Crippen molar-refractivity contribution in [2.24, 2.45) is 13.0 Å². The lowest BCUT2D eigenvalue weighted by Crippen LogP contribution is -2.20. The number of amides is 1. The van der Waals surface area contributed by atoms with Crippen molar-refractivity contribution in [1.29, 1.82) is 0 Å². The van der Waals surface area contributed by atoms with Gasteiger partial charge >= 0.3 is 12.1 Å². The Labute approximate surface area is 221 Å². The monoisotopic (exact) mass is 507 g/mol. The molecule has 2 aliphatic rings. The van der Waals surface area contributed by atoms with E-state index in [1.54, 1.807) is 17.9 Å². The highest BCUT2D eigenvalue weighted by Gasteiger charge is 2.51. The van der Waals surface area contributed by atoms with Gasteiger partial charge in [-0.15, -0.1) is 0 Å². The van der Waals surface area contributed by atoms with Crippen molar-refractivity contribution in [2.75, 3.05) is 5.32 Å². The molecule has 2 N–H and O–H groups in total. The maximum Gasteiger partial charge on any atom is 0.413 e. The number of hydrogen-bond donors (Lipinski definition) is 2. The van der Waals surface area contributed by atoms with Gasteiger partial charge in [-0.1, -0.05) is 78.9 Å². The molecule has 1 atom stereocenters. The van der Waals surface area contributed by atoms with E-state index in [0.29, 0.717) is 24.6 Å². The zero-order valence-corrected chi connectivity index (χ0v) is 21.1. The fourth-order valence-electron chi connectivity index (χ4n) is 5.09. The summed E-state index contributed by atoms with van der Waals surface area (Å²) >= 11 is 0. The Bertz CT molecular complexity index is 1470. The summed E-state index contributed by atoms with van der Waals surface area (Å²) in [5.74, 6) is 0.176. The third-order valence-corrected chi connectivity index (χ3v) is 7.70. The second-order valence-electron chi connectivity index (χ2n) is 10.3. The van der Waals surface area contributed by atoms with E-state index in [1.165, 1.54) is 0 Å². The SMILES string of the molecule is Cn1ncc(-c2ccc(-c3ccc(C4(C(=O)O)CC4)cc3)cc2)c1NC(=O)OC(c1ccccc1)C1CC1. The first-order chi connectivity index (χ1) is 18.4. The summed E-state index contributed by atoms with van der Waals surface area (Å²) in [5.41, 5.74) is 4.92. The molecule has 6 rings (SSSR count). The van der Waals surface area contributed by atoms with Gasteiger partial charge in [-0.25, -0.2) is 4.79 Å². The predicted octanol–water partition coefficient (Wildman–Crippen LogP) is 6.57. The Balaban J connectivity index is 1.18. The van der Waals surface area contributed by atoms with E-state index in [1.807, 2.05) is 78.9 Å². The van der Waals surface area contributed by atoms with Gasteiger partial charge in [0.1, 0.15) is 11.9 Å². The fraction of sp³-hybridized carbons (Fsp3) is 0.258. The largest absolute Gasteiger partial charge is 0.481 e. The number of nitrogens with zero attached hydrogens (tertiary/aromatic N) is 2. The van der Waals surface area contributed by atoms with Crippen LogP contribution in [0.2, 0.25) is 0 Å². The van der Waals surface area contributed by atoms with Crippen LogP contribution in [-0.2, 0) is 22.0 Å². The highest BCUT2D eigenvalue weighted by atomic mass is 16.6. The number of aromatic nitrogens is 2. The van der Waals surface area contributed by atoms with Gasteiger partial charge in [0.05, 0.1) is 11.6 Å². The van der Waals surface area contributed by atoms with Gasteiger partial charge < -0.3 is 9.84 Å². The molecule has 2 aliphatic carbocycles. The summed E-state index contributed by atoms with van der Waals surface area (Å²) < 4.78 is 7.51. The lowest BCUT2D eigenvalue weighted by molar-refractivity contribution is -0.140. The minimum Gasteiger partial charge on any atom is -0.481 e. The van der Waals surface area contributed by atoms with Crippen LogP contribution in [0.4, 0.5) is 10.6 Å². The number of nitrogens with one attached hydrogen (secondary N) is 1. The zero-order chi connectivity index (χ0) is 26.3. The molecular formula is C31H29N3O4. The van der Waals surface area contributed by atoms with Crippen LogP contribution >= 0.6 is 0 Å². The first kappa shape index (κ1) is 24.0. The summed E-state index contributed by atoms with van der Waals surface area (Å²) in [7, 11) is 1.79. The normalized spacial score (nSPS) is 16.4. The Morgan fingerprint density at radius 1 is 0.947 bits per heavy atom. The van der Waals surface area contributed by atoms with Crippen LogP contribution in [-0.4, -0.2) is 26.9 Å². The van der Waals surface area contributed by atoms with Crippen LogP contribution in [0.25, 0.3) is 22.3 Å². The van der Waals surface area contributed by atoms with Gasteiger partial charge in [0.25, 0.3) is 0 Å². The molecule has 7 heteroatoms. The minimum atomic E-state index is -0.748. The molecule has 1 aromatic heterocycles. The van der Waals surface area contributed by atoms with Crippen LogP contribution in [0.15, 0.2) is 85.1 Å². The highest BCUT2D eigenvalue weighted by molar-refractivity contribution is 5.90. The molecule has 38 heavy (non-hydrogen) atoms. The van der Waals surface area contributed by atoms with Gasteiger partial charge in [-0.05, 0) is 53.5 Å². The van der Waals surface area contributed by atoms with E-state index in [9.17, 15) is 14.7 Å². The average Bonchev–Trinajstić information content (AvgIpc) is 3.87. The number of carbonyl (C=O) groups is 2. The van der Waals surface area contributed by atoms with E-state index in [0.717, 1.165) is 46.2 Å². The maximum absolute atomic E-state index is 12.9. The summed E-state index contributed by atoms with van der Waals surface area (Å²) in [5, 5.41) is 16.8. The van der Waals surface area contributed by atoms with Crippen molar-refractivity contribution in [3.8, 4) is 22.3 Å². The second kappa shape index (κ2) is 9.49. The zero-order valence-electron chi connectivity index (χ0n) is 21.1. The molecule has 0 bridgehead atoms. The van der Waals surface area contributed by atoms with Crippen molar-refractivity contribution >= 4 is 17.9 Å². The van der Waals surface area contributed by atoms with Crippen LogP contribution in [0.5, 0.6) is 0 Å². The van der Waals surface area contributed by atoms with Gasteiger partial charge in [0.15, 0.2) is 0 Å². The Hall–Kier alpha value is -4.39. The molecule has 2 fully saturated rings. The van der Waals surface area contributed by atoms with Crippen molar-refractivity contribution in [1.82, 2.24) is 9.78 Å². The number of benzene rings is 3. The molecule has 0 radical (unpaired) electrons. The first-order valence-electron chi connectivity index (χ1n) is 12.9. The van der Waals surface area contributed by atoms with Gasteiger partial charge in [0, 0.05) is 18.5 Å². The Morgan fingerprint density at radius 3 is 2.13 bits per heavy atom. The summed E-state index contributed by atoms with van der Waals surface area (Å²) in [4.78, 5) is 24.6. The van der Waals surface area contributed by atoms with Crippen LogP contribution in [0, 0.1) is 5.92 Å². The number of carboxylic acids is 1. The number of rotatable bonds is 8. The van der Waals surface area contributed by atoms with E-state index < -0.39 is 17.5 Å². The third-order valence-electron chi connectivity index (χ3n) is 7.70. The molecule has 4 aromatic rings. The molecule has 0 saturated heterocycles. The van der Waals surface area contributed by atoms with Gasteiger partial charge in [0.2, 0.25) is 0 Å². The average molecular weight is 508 g/mol. The summed E-state index contributed by atoms with van der Waals surface area (Å²) in [6.45, 7) is 0. The number of ether oxygens (including phenoxy) is 1. The Morgan fingerprint density at radius 2 is 1.55 bits per heavy atom. The third kappa shape index (κ3) is 4.56. The lowest BCUT2D eigenvalue weighted by atomic mass is 9.93. The number of anilines is 1. The van der Waals surface area contributed by atoms with E-state index in [4.69, 9.17) is 4.74 Å². The number of carbonyl (C=O) groups excluding carboxylic acids is 1. The standard InChI is InChI=1S/C31H29N3O4/c1-34-28(33-30(37)38-27(24-11-12-24)23-5-3-2-4-6-23)26(19-32-34)22-9-7-20(8-10-22)21-13-15-25(16-14-21)31(17-18-31)29(35)36/h2-10,13-16,19,24,27H,11-12,17-18H2,1H3,(H,33,37)(H,35,36). The number of aliphatic carboxylic acids is 1. The molecule has 1 unspecified atom stereocenters. The van der Waals surface area contributed by atoms with Gasteiger partial charge in [-0.3, -0.25) is 14.8 Å². The molecule has 1 amide bonds. The summed E-state index contributed by atoms with van der Waals surface area (Å²) in [6.07, 6.45) is 4.47. The second-order valence-corrected chi connectivity index (χ2v) is 10.3. The molecule has 192 valence electrons. The van der Waals surface area contributed by atoms with Crippen molar-refractivity contribution in [3.63, 3.8) is 0 Å². The smallest absolute Gasteiger partial charge is 0.413 e.